The van der Waals surface area contributed by atoms with E-state index < -0.39 is 5.92 Å². The second-order valence-corrected chi connectivity index (χ2v) is 8.63. The number of amides is 3. The number of rotatable bonds is 7. The zero-order valence-electron chi connectivity index (χ0n) is 19.5. The van der Waals surface area contributed by atoms with Gasteiger partial charge in [-0.25, -0.2) is 0 Å². The van der Waals surface area contributed by atoms with Gasteiger partial charge < -0.3 is 15.5 Å². The van der Waals surface area contributed by atoms with E-state index in [0.717, 1.165) is 23.2 Å². The number of carbonyl (C=O) groups excluding carboxylic acids is 3. The molecular weight excluding hydrogens is 426 g/mol. The molecule has 3 aromatic rings. The lowest BCUT2D eigenvalue weighted by Gasteiger charge is -2.17. The fraction of sp³-hybridized carbons (Fsp3) is 0.250. The number of benzene rings is 3. The first kappa shape index (κ1) is 23.2. The van der Waals surface area contributed by atoms with Crippen molar-refractivity contribution in [2.75, 3.05) is 16.8 Å². The maximum Gasteiger partial charge on any atom is 0.253 e. The van der Waals surface area contributed by atoms with Gasteiger partial charge in [-0.1, -0.05) is 61.0 Å². The largest absolute Gasteiger partial charge is 0.348 e. The molecule has 3 amide bonds. The molecular formula is C28H29N3O3. The average Bonchev–Trinajstić information content (AvgIpc) is 3.24. The number of hydrogen-bond acceptors (Lipinski definition) is 3. The van der Waals surface area contributed by atoms with Crippen molar-refractivity contribution in [1.82, 2.24) is 5.32 Å². The van der Waals surface area contributed by atoms with Gasteiger partial charge in [0.05, 0.1) is 17.2 Å². The average molecular weight is 456 g/mol. The van der Waals surface area contributed by atoms with Crippen LogP contribution in [-0.2, 0) is 22.6 Å². The van der Waals surface area contributed by atoms with E-state index in [1.165, 1.54) is 5.56 Å². The lowest BCUT2D eigenvalue weighted by molar-refractivity contribution is -0.122. The lowest BCUT2D eigenvalue weighted by Crippen LogP contribution is -2.29. The van der Waals surface area contributed by atoms with Gasteiger partial charge in [-0.15, -0.1) is 0 Å². The maximum atomic E-state index is 13.0. The van der Waals surface area contributed by atoms with Gasteiger partial charge in [0, 0.05) is 25.2 Å². The molecule has 1 fully saturated rings. The van der Waals surface area contributed by atoms with Crippen LogP contribution in [0.4, 0.5) is 11.4 Å². The first-order chi connectivity index (χ1) is 16.4. The van der Waals surface area contributed by atoms with Crippen molar-refractivity contribution in [3.63, 3.8) is 0 Å². The Morgan fingerprint density at radius 1 is 0.971 bits per heavy atom. The summed E-state index contributed by atoms with van der Waals surface area (Å²) in [6, 6.07) is 22.7. The van der Waals surface area contributed by atoms with Crippen molar-refractivity contribution in [2.45, 2.75) is 33.2 Å². The summed E-state index contributed by atoms with van der Waals surface area (Å²) in [5, 5.41) is 5.79. The number of nitrogens with one attached hydrogen (secondary N) is 2. The Morgan fingerprint density at radius 2 is 1.74 bits per heavy atom. The van der Waals surface area contributed by atoms with Crippen molar-refractivity contribution in [3.05, 3.63) is 95.1 Å². The normalized spacial score (nSPS) is 15.3. The van der Waals surface area contributed by atoms with Gasteiger partial charge in [0.2, 0.25) is 11.8 Å². The van der Waals surface area contributed by atoms with E-state index in [-0.39, 0.29) is 24.1 Å². The summed E-state index contributed by atoms with van der Waals surface area (Å²) in [5.41, 5.74) is 4.95. The predicted octanol–water partition coefficient (Wildman–Crippen LogP) is 4.48. The molecule has 0 saturated carbocycles. The van der Waals surface area contributed by atoms with Crippen LogP contribution in [0.3, 0.4) is 0 Å². The van der Waals surface area contributed by atoms with Crippen LogP contribution in [0, 0.1) is 12.8 Å². The highest BCUT2D eigenvalue weighted by atomic mass is 16.2. The Labute approximate surface area is 200 Å². The minimum absolute atomic E-state index is 0.0754. The standard InChI is InChI=1S/C28H29N3O3/c1-3-20-11-13-23(14-12-20)31-18-22(16-26(31)32)27(33)30-25-10-5-4-9-24(25)28(34)29-17-21-8-6-7-19(2)15-21/h4-15,22H,3,16-18H2,1-2H3,(H,29,34)(H,30,33)/t22-/m1/s1. The Balaban J connectivity index is 1.41. The molecule has 0 bridgehead atoms. The van der Waals surface area contributed by atoms with Crippen LogP contribution >= 0.6 is 0 Å². The van der Waals surface area contributed by atoms with E-state index in [9.17, 15) is 14.4 Å². The molecule has 4 rings (SSSR count). The van der Waals surface area contributed by atoms with Crippen LogP contribution in [0.1, 0.15) is 40.4 Å². The van der Waals surface area contributed by atoms with E-state index in [2.05, 4.69) is 17.6 Å². The van der Waals surface area contributed by atoms with Gasteiger partial charge in [-0.2, -0.15) is 0 Å². The Kier molecular flexibility index (Phi) is 7.07. The fourth-order valence-corrected chi connectivity index (χ4v) is 4.17. The quantitative estimate of drug-likeness (QED) is 0.551. The fourth-order valence-electron chi connectivity index (χ4n) is 4.17. The second kappa shape index (κ2) is 10.3. The number of hydrogen-bond donors (Lipinski definition) is 2. The third kappa shape index (κ3) is 5.34. The lowest BCUT2D eigenvalue weighted by atomic mass is 10.1. The molecule has 34 heavy (non-hydrogen) atoms. The van der Waals surface area contributed by atoms with E-state index >= 15 is 0 Å². The van der Waals surface area contributed by atoms with Crippen molar-refractivity contribution < 1.29 is 14.4 Å². The first-order valence-corrected chi connectivity index (χ1v) is 11.6. The summed E-state index contributed by atoms with van der Waals surface area (Å²) in [7, 11) is 0. The number of aryl methyl sites for hydroxylation is 2. The highest BCUT2D eigenvalue weighted by molar-refractivity contribution is 6.07. The number of para-hydroxylation sites is 1. The summed E-state index contributed by atoms with van der Waals surface area (Å²) in [6.45, 7) is 4.80. The Morgan fingerprint density at radius 3 is 2.47 bits per heavy atom. The molecule has 174 valence electrons. The van der Waals surface area contributed by atoms with Gasteiger partial charge in [0.15, 0.2) is 0 Å². The Bertz CT molecular complexity index is 1200. The molecule has 6 heteroatoms. The molecule has 1 atom stereocenters. The van der Waals surface area contributed by atoms with Gasteiger partial charge in [-0.3, -0.25) is 14.4 Å². The minimum atomic E-state index is -0.484. The summed E-state index contributed by atoms with van der Waals surface area (Å²) in [5.74, 6) is -1.09. The van der Waals surface area contributed by atoms with Gasteiger partial charge in [0.1, 0.15) is 0 Å². The van der Waals surface area contributed by atoms with Crippen molar-refractivity contribution in [3.8, 4) is 0 Å². The molecule has 0 aliphatic carbocycles. The summed E-state index contributed by atoms with van der Waals surface area (Å²) in [6.07, 6.45) is 1.07. The summed E-state index contributed by atoms with van der Waals surface area (Å²) in [4.78, 5) is 40.1. The van der Waals surface area contributed by atoms with Crippen LogP contribution in [0.2, 0.25) is 0 Å². The molecule has 1 heterocycles. The SMILES string of the molecule is CCc1ccc(N2C[C@H](C(=O)Nc3ccccc3C(=O)NCc3cccc(C)c3)CC2=O)cc1. The molecule has 2 N–H and O–H groups in total. The molecule has 1 aliphatic heterocycles. The number of nitrogens with zero attached hydrogens (tertiary/aromatic N) is 1. The van der Waals surface area contributed by atoms with Crippen LogP contribution in [0.15, 0.2) is 72.8 Å². The topological polar surface area (TPSA) is 78.5 Å². The van der Waals surface area contributed by atoms with Gasteiger partial charge in [0.25, 0.3) is 5.91 Å². The maximum absolute atomic E-state index is 13.0. The first-order valence-electron chi connectivity index (χ1n) is 11.6. The Hall–Kier alpha value is -3.93. The molecule has 3 aromatic carbocycles. The predicted molar refractivity (Wildman–Crippen MR) is 134 cm³/mol. The van der Waals surface area contributed by atoms with Crippen LogP contribution in [0.25, 0.3) is 0 Å². The van der Waals surface area contributed by atoms with Gasteiger partial charge >= 0.3 is 0 Å². The summed E-state index contributed by atoms with van der Waals surface area (Å²) < 4.78 is 0. The minimum Gasteiger partial charge on any atom is -0.348 e. The zero-order chi connectivity index (χ0) is 24.1. The molecule has 0 unspecified atom stereocenters. The van der Waals surface area contributed by atoms with Crippen LogP contribution < -0.4 is 15.5 Å². The smallest absolute Gasteiger partial charge is 0.253 e. The van der Waals surface area contributed by atoms with E-state index in [1.54, 1.807) is 29.2 Å². The zero-order valence-corrected chi connectivity index (χ0v) is 19.5. The van der Waals surface area contributed by atoms with E-state index in [0.29, 0.717) is 24.3 Å². The number of carbonyl (C=O) groups is 3. The van der Waals surface area contributed by atoms with Crippen molar-refractivity contribution in [1.29, 1.82) is 0 Å². The van der Waals surface area contributed by atoms with E-state index in [1.807, 2.05) is 55.5 Å². The highest BCUT2D eigenvalue weighted by Crippen LogP contribution is 2.27. The highest BCUT2D eigenvalue weighted by Gasteiger charge is 2.35. The van der Waals surface area contributed by atoms with Crippen LogP contribution in [0.5, 0.6) is 0 Å². The van der Waals surface area contributed by atoms with E-state index in [4.69, 9.17) is 0 Å². The third-order valence-electron chi connectivity index (χ3n) is 6.12. The molecule has 0 spiro atoms. The molecule has 1 saturated heterocycles. The molecule has 0 radical (unpaired) electrons. The van der Waals surface area contributed by atoms with Crippen molar-refractivity contribution >= 4 is 29.1 Å². The third-order valence-corrected chi connectivity index (χ3v) is 6.12. The van der Waals surface area contributed by atoms with Crippen LogP contribution in [-0.4, -0.2) is 24.3 Å². The van der Waals surface area contributed by atoms with Gasteiger partial charge in [-0.05, 0) is 48.7 Å². The molecule has 6 nitrogen and oxygen atoms in total. The molecule has 1 aliphatic rings. The van der Waals surface area contributed by atoms with Crippen molar-refractivity contribution in [2.24, 2.45) is 5.92 Å². The monoisotopic (exact) mass is 455 g/mol. The summed E-state index contributed by atoms with van der Waals surface area (Å²) >= 11 is 0. The number of anilines is 2. The molecule has 0 aromatic heterocycles. The second-order valence-electron chi connectivity index (χ2n) is 8.63.